The van der Waals surface area contributed by atoms with Gasteiger partial charge in [0.25, 0.3) is 5.91 Å². The molecule has 118 valence electrons. The minimum atomic E-state index is -0.0249. The number of H-pyrrole nitrogens is 1. The van der Waals surface area contributed by atoms with E-state index in [2.05, 4.69) is 15.6 Å². The Balaban J connectivity index is 0.00000176. The predicted octanol–water partition coefficient (Wildman–Crippen LogP) is 2.83. The second-order valence-corrected chi connectivity index (χ2v) is 5.56. The normalized spacial score (nSPS) is 17.0. The number of aromatic nitrogens is 1. The van der Waals surface area contributed by atoms with Crippen LogP contribution in [0.5, 0.6) is 0 Å². The zero-order valence-electron chi connectivity index (χ0n) is 12.5. The summed E-state index contributed by atoms with van der Waals surface area (Å²) in [7, 11) is 0. The number of carbonyl (C=O) groups is 1. The third kappa shape index (κ3) is 4.12. The lowest BCUT2D eigenvalue weighted by atomic mass is 10.1. The maximum atomic E-state index is 12.1. The summed E-state index contributed by atoms with van der Waals surface area (Å²) < 4.78 is 0. The van der Waals surface area contributed by atoms with E-state index in [0.717, 1.165) is 37.3 Å². The van der Waals surface area contributed by atoms with Crippen LogP contribution in [0, 0.1) is 5.92 Å². The molecular formula is C17H22ClN3O. The quantitative estimate of drug-likeness (QED) is 0.793. The molecule has 0 aliphatic carbocycles. The number of rotatable bonds is 5. The first-order chi connectivity index (χ1) is 10.3. The van der Waals surface area contributed by atoms with Gasteiger partial charge in [-0.1, -0.05) is 30.3 Å². The lowest BCUT2D eigenvalue weighted by Crippen LogP contribution is -2.26. The molecule has 1 unspecified atom stereocenters. The molecule has 1 fully saturated rings. The Morgan fingerprint density at radius 3 is 2.73 bits per heavy atom. The molecule has 1 aromatic heterocycles. The van der Waals surface area contributed by atoms with Crippen LogP contribution < -0.4 is 10.6 Å². The Hall–Kier alpha value is -1.78. The molecule has 1 aromatic carbocycles. The van der Waals surface area contributed by atoms with Crippen LogP contribution in [0.15, 0.2) is 42.5 Å². The number of benzene rings is 1. The minimum absolute atomic E-state index is 0. The molecule has 3 N–H and O–H groups in total. The second kappa shape index (κ2) is 8.01. The van der Waals surface area contributed by atoms with Gasteiger partial charge in [0, 0.05) is 12.2 Å². The first-order valence-electron chi connectivity index (χ1n) is 7.56. The largest absolute Gasteiger partial charge is 0.351 e. The lowest BCUT2D eigenvalue weighted by molar-refractivity contribution is 0.0947. The van der Waals surface area contributed by atoms with Gasteiger partial charge in [0.2, 0.25) is 0 Å². The van der Waals surface area contributed by atoms with Crippen LogP contribution in [-0.4, -0.2) is 30.5 Å². The van der Waals surface area contributed by atoms with E-state index in [1.807, 2.05) is 42.5 Å². The van der Waals surface area contributed by atoms with Crippen molar-refractivity contribution >= 4 is 18.3 Å². The average Bonchev–Trinajstić information content (AvgIpc) is 3.20. The van der Waals surface area contributed by atoms with Gasteiger partial charge in [-0.3, -0.25) is 4.79 Å². The highest BCUT2D eigenvalue weighted by Crippen LogP contribution is 2.18. The number of hydrogen-bond acceptors (Lipinski definition) is 2. The first-order valence-corrected chi connectivity index (χ1v) is 7.56. The Kier molecular flexibility index (Phi) is 6.04. The van der Waals surface area contributed by atoms with E-state index >= 15 is 0 Å². The smallest absolute Gasteiger partial charge is 0.267 e. The summed E-state index contributed by atoms with van der Waals surface area (Å²) in [5, 5.41) is 6.34. The molecule has 1 saturated heterocycles. The molecule has 1 aliphatic heterocycles. The maximum absolute atomic E-state index is 12.1. The van der Waals surface area contributed by atoms with Crippen LogP contribution in [0.25, 0.3) is 11.3 Å². The van der Waals surface area contributed by atoms with Gasteiger partial charge in [-0.05, 0) is 49.5 Å². The van der Waals surface area contributed by atoms with Crippen LogP contribution >= 0.6 is 12.4 Å². The fourth-order valence-electron chi connectivity index (χ4n) is 2.76. The van der Waals surface area contributed by atoms with Gasteiger partial charge >= 0.3 is 0 Å². The van der Waals surface area contributed by atoms with Crippen molar-refractivity contribution in [3.05, 3.63) is 48.2 Å². The zero-order chi connectivity index (χ0) is 14.5. The number of hydrogen-bond donors (Lipinski definition) is 3. The van der Waals surface area contributed by atoms with Crippen molar-refractivity contribution in [3.8, 4) is 11.3 Å². The van der Waals surface area contributed by atoms with Crippen LogP contribution in [0.4, 0.5) is 0 Å². The molecule has 0 bridgehead atoms. The number of amides is 1. The lowest BCUT2D eigenvalue weighted by Gasteiger charge is -2.08. The van der Waals surface area contributed by atoms with Crippen LogP contribution in [0.2, 0.25) is 0 Å². The van der Waals surface area contributed by atoms with E-state index in [1.54, 1.807) is 0 Å². The van der Waals surface area contributed by atoms with E-state index in [4.69, 9.17) is 0 Å². The van der Waals surface area contributed by atoms with Crippen LogP contribution in [0.1, 0.15) is 23.3 Å². The van der Waals surface area contributed by atoms with Crippen molar-refractivity contribution in [2.75, 3.05) is 19.6 Å². The van der Waals surface area contributed by atoms with Crippen molar-refractivity contribution < 1.29 is 4.79 Å². The van der Waals surface area contributed by atoms with Crippen molar-refractivity contribution in [2.24, 2.45) is 5.92 Å². The SMILES string of the molecule is Cl.O=C(NCCC1CCNC1)c1ccc(-c2ccccc2)[nH]1. The van der Waals surface area contributed by atoms with Crippen molar-refractivity contribution in [2.45, 2.75) is 12.8 Å². The molecule has 1 amide bonds. The minimum Gasteiger partial charge on any atom is -0.351 e. The molecule has 1 aliphatic rings. The summed E-state index contributed by atoms with van der Waals surface area (Å²) >= 11 is 0. The van der Waals surface area contributed by atoms with Gasteiger partial charge in [-0.2, -0.15) is 0 Å². The molecule has 4 nitrogen and oxygen atoms in total. The summed E-state index contributed by atoms with van der Waals surface area (Å²) in [6.07, 6.45) is 2.27. The maximum Gasteiger partial charge on any atom is 0.267 e. The second-order valence-electron chi connectivity index (χ2n) is 5.56. The fourth-order valence-corrected chi connectivity index (χ4v) is 2.76. The Bertz CT molecular complexity index is 591. The van der Waals surface area contributed by atoms with E-state index in [9.17, 15) is 4.79 Å². The van der Waals surface area contributed by atoms with E-state index in [-0.39, 0.29) is 18.3 Å². The standard InChI is InChI=1S/C17H21N3O.ClH/c21-17(19-11-9-13-8-10-18-12-13)16-7-6-15(20-16)14-4-2-1-3-5-14;/h1-7,13,18,20H,8-12H2,(H,19,21);1H. The summed E-state index contributed by atoms with van der Waals surface area (Å²) in [5.74, 6) is 0.678. The third-order valence-corrected chi connectivity index (χ3v) is 4.02. The molecule has 1 atom stereocenters. The zero-order valence-corrected chi connectivity index (χ0v) is 13.3. The van der Waals surface area contributed by atoms with Crippen LogP contribution in [-0.2, 0) is 0 Å². The highest BCUT2D eigenvalue weighted by atomic mass is 35.5. The Labute approximate surface area is 137 Å². The number of halogens is 1. The number of carbonyl (C=O) groups excluding carboxylic acids is 1. The van der Waals surface area contributed by atoms with Gasteiger partial charge in [-0.25, -0.2) is 0 Å². The van der Waals surface area contributed by atoms with Crippen LogP contribution in [0.3, 0.4) is 0 Å². The average molecular weight is 320 g/mol. The molecule has 0 saturated carbocycles. The van der Waals surface area contributed by atoms with Gasteiger partial charge in [0.15, 0.2) is 0 Å². The highest BCUT2D eigenvalue weighted by molar-refractivity contribution is 5.93. The molecule has 0 radical (unpaired) electrons. The predicted molar refractivity (Wildman–Crippen MR) is 91.4 cm³/mol. The summed E-state index contributed by atoms with van der Waals surface area (Å²) in [5.41, 5.74) is 2.69. The van der Waals surface area contributed by atoms with E-state index in [1.165, 1.54) is 6.42 Å². The van der Waals surface area contributed by atoms with Gasteiger partial charge in [0.05, 0.1) is 0 Å². The van der Waals surface area contributed by atoms with Gasteiger partial charge in [0.1, 0.15) is 5.69 Å². The molecule has 2 heterocycles. The molecule has 0 spiro atoms. The number of nitrogens with one attached hydrogen (secondary N) is 3. The van der Waals surface area contributed by atoms with Crippen molar-refractivity contribution in [3.63, 3.8) is 0 Å². The summed E-state index contributed by atoms with van der Waals surface area (Å²) in [6.45, 7) is 2.93. The topological polar surface area (TPSA) is 56.9 Å². The highest BCUT2D eigenvalue weighted by Gasteiger charge is 2.15. The first kappa shape index (κ1) is 16.6. The molecule has 3 rings (SSSR count). The Morgan fingerprint density at radius 2 is 2.00 bits per heavy atom. The fraction of sp³-hybridized carbons (Fsp3) is 0.353. The monoisotopic (exact) mass is 319 g/mol. The van der Waals surface area contributed by atoms with Gasteiger partial charge in [-0.15, -0.1) is 12.4 Å². The van der Waals surface area contributed by atoms with E-state index < -0.39 is 0 Å². The summed E-state index contributed by atoms with van der Waals surface area (Å²) in [4.78, 5) is 15.3. The molecule has 22 heavy (non-hydrogen) atoms. The third-order valence-electron chi connectivity index (χ3n) is 4.02. The molecule has 2 aromatic rings. The Morgan fingerprint density at radius 1 is 1.18 bits per heavy atom. The number of aromatic amines is 1. The summed E-state index contributed by atoms with van der Waals surface area (Å²) in [6, 6.07) is 13.8. The van der Waals surface area contributed by atoms with Crippen molar-refractivity contribution in [1.82, 2.24) is 15.6 Å². The van der Waals surface area contributed by atoms with Crippen molar-refractivity contribution in [1.29, 1.82) is 0 Å². The van der Waals surface area contributed by atoms with Gasteiger partial charge < -0.3 is 15.6 Å². The molecular weight excluding hydrogens is 298 g/mol. The molecule has 5 heteroatoms. The van der Waals surface area contributed by atoms with E-state index in [0.29, 0.717) is 11.6 Å².